The van der Waals surface area contributed by atoms with Crippen molar-refractivity contribution in [2.45, 2.75) is 56.4 Å². The Morgan fingerprint density at radius 2 is 2.00 bits per heavy atom. The van der Waals surface area contributed by atoms with Crippen molar-refractivity contribution in [3.8, 4) is 0 Å². The van der Waals surface area contributed by atoms with Crippen LogP contribution >= 0.6 is 0 Å². The van der Waals surface area contributed by atoms with Crippen LogP contribution in [0, 0.1) is 16.6 Å². The maximum atomic E-state index is 14.4. The van der Waals surface area contributed by atoms with Gasteiger partial charge in [0.1, 0.15) is 5.82 Å². The lowest BCUT2D eigenvalue weighted by atomic mass is 9.66. The summed E-state index contributed by atoms with van der Waals surface area (Å²) in [6.07, 6.45) is 5.76. The van der Waals surface area contributed by atoms with Crippen LogP contribution in [0.1, 0.15) is 62.0 Å². The summed E-state index contributed by atoms with van der Waals surface area (Å²) in [7, 11) is 0. The highest BCUT2D eigenvalue weighted by molar-refractivity contribution is 5.49. The number of fused-ring (bicyclic) bond motifs is 5. The Morgan fingerprint density at radius 3 is 2.84 bits per heavy atom. The standard InChI is InChI=1S/C17H20FN/c1-15-5-12-14-10(3-2-4-13(14)18)11-6-16(19,7-15)9-17(11,12)8-15/h2-4,11-12H,5-9,19H2,1H3. The fourth-order valence-corrected chi connectivity index (χ4v) is 6.85. The zero-order valence-electron chi connectivity index (χ0n) is 11.4. The second kappa shape index (κ2) is 2.76. The highest BCUT2D eigenvalue weighted by Gasteiger charge is 2.71. The molecule has 0 saturated heterocycles. The Bertz CT molecular complexity index is 607. The summed E-state index contributed by atoms with van der Waals surface area (Å²) in [6, 6.07) is 5.70. The van der Waals surface area contributed by atoms with Crippen LogP contribution < -0.4 is 5.73 Å². The van der Waals surface area contributed by atoms with E-state index in [4.69, 9.17) is 5.73 Å². The summed E-state index contributed by atoms with van der Waals surface area (Å²) in [4.78, 5) is 0. The second-order valence-electron chi connectivity index (χ2n) is 8.19. The van der Waals surface area contributed by atoms with Gasteiger partial charge in [-0.1, -0.05) is 19.1 Å². The van der Waals surface area contributed by atoms with Crippen LogP contribution in [0.15, 0.2) is 18.2 Å². The van der Waals surface area contributed by atoms with Crippen molar-refractivity contribution in [2.24, 2.45) is 16.6 Å². The molecule has 1 aromatic rings. The molecular formula is C17H20FN. The molecule has 19 heavy (non-hydrogen) atoms. The maximum Gasteiger partial charge on any atom is 0.126 e. The first kappa shape index (κ1) is 10.8. The lowest BCUT2D eigenvalue weighted by Crippen LogP contribution is -2.45. The van der Waals surface area contributed by atoms with Crippen molar-refractivity contribution < 1.29 is 4.39 Å². The van der Waals surface area contributed by atoms with E-state index in [2.05, 4.69) is 13.0 Å². The minimum absolute atomic E-state index is 0.0242. The van der Waals surface area contributed by atoms with Crippen LogP contribution in [0.5, 0.6) is 0 Å². The van der Waals surface area contributed by atoms with Gasteiger partial charge in [-0.05, 0) is 72.0 Å². The largest absolute Gasteiger partial charge is 0.325 e. The number of hydrogen-bond donors (Lipinski definition) is 1. The predicted octanol–water partition coefficient (Wildman–Crippen LogP) is 3.69. The molecule has 4 aliphatic rings. The highest BCUT2D eigenvalue weighted by Crippen LogP contribution is 2.79. The molecule has 0 amide bonds. The predicted molar refractivity (Wildman–Crippen MR) is 72.4 cm³/mol. The molecule has 2 heteroatoms. The smallest absolute Gasteiger partial charge is 0.126 e. The number of nitrogens with two attached hydrogens (primary N) is 1. The lowest BCUT2D eigenvalue weighted by Gasteiger charge is -2.41. The van der Waals surface area contributed by atoms with E-state index in [0.717, 1.165) is 31.2 Å². The van der Waals surface area contributed by atoms with Gasteiger partial charge >= 0.3 is 0 Å². The first-order valence-corrected chi connectivity index (χ1v) is 7.52. The zero-order valence-corrected chi connectivity index (χ0v) is 11.4. The monoisotopic (exact) mass is 257 g/mol. The molecular weight excluding hydrogens is 237 g/mol. The summed E-state index contributed by atoms with van der Waals surface area (Å²) >= 11 is 0. The van der Waals surface area contributed by atoms with E-state index >= 15 is 0 Å². The van der Waals surface area contributed by atoms with E-state index in [1.807, 2.05) is 6.07 Å². The van der Waals surface area contributed by atoms with Gasteiger partial charge in [-0.15, -0.1) is 0 Å². The zero-order chi connectivity index (χ0) is 13.0. The molecule has 3 fully saturated rings. The molecule has 1 nitrogen and oxygen atoms in total. The quantitative estimate of drug-likeness (QED) is 0.753. The fourth-order valence-electron chi connectivity index (χ4n) is 6.85. The van der Waals surface area contributed by atoms with Crippen molar-refractivity contribution in [2.75, 3.05) is 0 Å². The molecule has 0 heterocycles. The molecule has 3 saturated carbocycles. The van der Waals surface area contributed by atoms with Crippen molar-refractivity contribution >= 4 is 0 Å². The number of halogens is 1. The van der Waals surface area contributed by atoms with Gasteiger partial charge in [0.2, 0.25) is 0 Å². The third kappa shape index (κ3) is 1.05. The normalized spacial score (nSPS) is 52.6. The van der Waals surface area contributed by atoms with E-state index in [0.29, 0.717) is 22.7 Å². The van der Waals surface area contributed by atoms with Gasteiger partial charge in [0, 0.05) is 5.54 Å². The summed E-state index contributed by atoms with van der Waals surface area (Å²) in [5.74, 6) is 0.995. The number of rotatable bonds is 0. The lowest BCUT2D eigenvalue weighted by molar-refractivity contribution is 0.133. The molecule has 2 N–H and O–H groups in total. The molecule has 5 atom stereocenters. The van der Waals surface area contributed by atoms with Crippen molar-refractivity contribution in [1.82, 2.24) is 0 Å². The third-order valence-electron chi connectivity index (χ3n) is 6.72. The second-order valence-corrected chi connectivity index (χ2v) is 8.19. The van der Waals surface area contributed by atoms with Crippen LogP contribution in [0.2, 0.25) is 0 Å². The van der Waals surface area contributed by atoms with Crippen LogP contribution in [-0.4, -0.2) is 5.54 Å². The van der Waals surface area contributed by atoms with E-state index < -0.39 is 0 Å². The summed E-state index contributed by atoms with van der Waals surface area (Å²) in [5.41, 5.74) is 9.71. The van der Waals surface area contributed by atoms with Crippen LogP contribution in [-0.2, 0) is 0 Å². The average molecular weight is 257 g/mol. The number of hydrogen-bond acceptors (Lipinski definition) is 1. The minimum atomic E-state index is 0.0242. The van der Waals surface area contributed by atoms with E-state index in [1.54, 1.807) is 6.07 Å². The van der Waals surface area contributed by atoms with Crippen molar-refractivity contribution in [3.63, 3.8) is 0 Å². The topological polar surface area (TPSA) is 26.0 Å². The molecule has 5 unspecified atom stereocenters. The van der Waals surface area contributed by atoms with Crippen molar-refractivity contribution in [3.05, 3.63) is 35.1 Å². The van der Waals surface area contributed by atoms with Crippen LogP contribution in [0.25, 0.3) is 0 Å². The van der Waals surface area contributed by atoms with Gasteiger partial charge in [0.05, 0.1) is 0 Å². The maximum absolute atomic E-state index is 14.4. The third-order valence-corrected chi connectivity index (χ3v) is 6.72. The minimum Gasteiger partial charge on any atom is -0.325 e. The molecule has 3 bridgehead atoms. The van der Waals surface area contributed by atoms with Crippen LogP contribution in [0.4, 0.5) is 4.39 Å². The van der Waals surface area contributed by atoms with E-state index in [-0.39, 0.29) is 11.4 Å². The van der Waals surface area contributed by atoms with Gasteiger partial charge < -0.3 is 5.73 Å². The molecule has 1 aromatic carbocycles. The molecule has 4 aliphatic carbocycles. The number of benzene rings is 1. The Morgan fingerprint density at radius 1 is 1.16 bits per heavy atom. The Kier molecular flexibility index (Phi) is 1.58. The molecule has 5 rings (SSSR count). The highest BCUT2D eigenvalue weighted by atomic mass is 19.1. The van der Waals surface area contributed by atoms with Gasteiger partial charge in [-0.2, -0.15) is 0 Å². The molecule has 100 valence electrons. The van der Waals surface area contributed by atoms with E-state index in [1.165, 1.54) is 12.0 Å². The Hall–Kier alpha value is -0.890. The molecule has 0 radical (unpaired) electrons. The Labute approximate surface area is 113 Å². The molecule has 0 aliphatic heterocycles. The fraction of sp³-hybridized carbons (Fsp3) is 0.647. The first-order valence-electron chi connectivity index (χ1n) is 7.52. The average Bonchev–Trinajstić information content (AvgIpc) is 2.76. The van der Waals surface area contributed by atoms with Gasteiger partial charge in [-0.25, -0.2) is 4.39 Å². The summed E-state index contributed by atoms with van der Waals surface area (Å²) < 4.78 is 14.4. The van der Waals surface area contributed by atoms with Crippen molar-refractivity contribution in [1.29, 1.82) is 0 Å². The summed E-state index contributed by atoms with van der Waals surface area (Å²) in [6.45, 7) is 2.39. The molecule has 1 spiro atoms. The summed E-state index contributed by atoms with van der Waals surface area (Å²) in [5, 5.41) is 0. The first-order chi connectivity index (χ1) is 8.95. The Balaban J connectivity index is 1.82. The van der Waals surface area contributed by atoms with Gasteiger partial charge in [0.25, 0.3) is 0 Å². The van der Waals surface area contributed by atoms with E-state index in [9.17, 15) is 4.39 Å². The van der Waals surface area contributed by atoms with Gasteiger partial charge in [-0.3, -0.25) is 0 Å². The molecule has 0 aromatic heterocycles. The van der Waals surface area contributed by atoms with Gasteiger partial charge in [0.15, 0.2) is 0 Å². The van der Waals surface area contributed by atoms with Crippen LogP contribution in [0.3, 0.4) is 0 Å². The SMILES string of the molecule is CC12CC3c4c(F)cccc4C4CC(N)(C1)CC43C2.